The summed E-state index contributed by atoms with van der Waals surface area (Å²) in [6, 6.07) is 31.4. The number of benzene rings is 4. The van der Waals surface area contributed by atoms with E-state index in [0.29, 0.717) is 12.0 Å². The Labute approximate surface area is 221 Å². The number of sulfone groups is 1. The molecule has 0 N–H and O–H groups in total. The van der Waals surface area contributed by atoms with Gasteiger partial charge in [0.05, 0.1) is 22.0 Å². The monoisotopic (exact) mass is 523 g/mol. The number of halogens is 1. The number of carbonyl (C=O) groups is 1. The first kappa shape index (κ1) is 25.4. The van der Waals surface area contributed by atoms with Crippen LogP contribution < -0.4 is 0 Å². The Morgan fingerprint density at radius 1 is 0.763 bits per heavy atom. The second-order valence-corrected chi connectivity index (χ2v) is 11.0. The lowest BCUT2D eigenvalue weighted by molar-refractivity contribution is -0.108. The molecule has 0 spiro atoms. The van der Waals surface area contributed by atoms with E-state index in [1.54, 1.807) is 54.6 Å². The van der Waals surface area contributed by atoms with E-state index in [4.69, 9.17) is 0 Å². The van der Waals surface area contributed by atoms with E-state index >= 15 is 0 Å². The highest BCUT2D eigenvalue weighted by Crippen LogP contribution is 2.41. The third-order valence-electron chi connectivity index (χ3n) is 6.77. The lowest BCUT2D eigenvalue weighted by Crippen LogP contribution is -2.07. The third-order valence-corrected chi connectivity index (χ3v) is 8.64. The fraction of sp³-hybridized carbons (Fsp3) is 0.0938. The van der Waals surface area contributed by atoms with E-state index in [0.717, 1.165) is 39.9 Å². The maximum Gasteiger partial charge on any atom is 0.206 e. The van der Waals surface area contributed by atoms with Crippen LogP contribution in [0.25, 0.3) is 22.4 Å². The van der Waals surface area contributed by atoms with Crippen LogP contribution in [0, 0.1) is 12.7 Å². The van der Waals surface area contributed by atoms with Gasteiger partial charge in [0.25, 0.3) is 0 Å². The molecule has 190 valence electrons. The first-order chi connectivity index (χ1) is 18.4. The molecular weight excluding hydrogens is 497 g/mol. The van der Waals surface area contributed by atoms with Gasteiger partial charge in [-0.05, 0) is 59.5 Å². The number of rotatable bonds is 8. The van der Waals surface area contributed by atoms with Crippen molar-refractivity contribution in [3.8, 4) is 22.4 Å². The Morgan fingerprint density at radius 3 is 2.03 bits per heavy atom. The number of hydrogen-bond acceptors (Lipinski definition) is 3. The van der Waals surface area contributed by atoms with Gasteiger partial charge in [-0.1, -0.05) is 78.9 Å². The van der Waals surface area contributed by atoms with Gasteiger partial charge < -0.3 is 9.36 Å². The summed E-state index contributed by atoms with van der Waals surface area (Å²) >= 11 is 0. The highest BCUT2D eigenvalue weighted by molar-refractivity contribution is 7.91. The maximum absolute atomic E-state index is 13.9. The van der Waals surface area contributed by atoms with Crippen molar-refractivity contribution < 1.29 is 17.6 Å². The molecule has 4 nitrogen and oxygen atoms in total. The van der Waals surface area contributed by atoms with Gasteiger partial charge in [-0.25, -0.2) is 12.8 Å². The molecule has 0 saturated heterocycles. The van der Waals surface area contributed by atoms with Crippen LogP contribution in [0.15, 0.2) is 119 Å². The van der Waals surface area contributed by atoms with Crippen molar-refractivity contribution in [1.82, 2.24) is 4.57 Å². The lowest BCUT2D eigenvalue weighted by atomic mass is 9.93. The van der Waals surface area contributed by atoms with Crippen LogP contribution in [0.5, 0.6) is 0 Å². The van der Waals surface area contributed by atoms with Gasteiger partial charge in [0.2, 0.25) is 9.84 Å². The van der Waals surface area contributed by atoms with Crippen LogP contribution >= 0.6 is 0 Å². The molecule has 0 fully saturated rings. The van der Waals surface area contributed by atoms with Crippen molar-refractivity contribution in [2.45, 2.75) is 29.7 Å². The summed E-state index contributed by atoms with van der Waals surface area (Å²) in [7, 11) is -3.76. The van der Waals surface area contributed by atoms with Gasteiger partial charge in [0, 0.05) is 17.7 Å². The number of hydrogen-bond donors (Lipinski definition) is 0. The maximum atomic E-state index is 13.9. The standard InChI is InChI=1S/C32H26FNO3S/c1-23-29(22-26-12-8-9-15-30(26)38(36,37)28-13-6-3-7-14-28)31(24-16-18-27(33)19-17-24)32(34(23)20-21-35)25-10-4-2-5-11-25/h2-19,21H,20,22H2,1H3. The summed E-state index contributed by atoms with van der Waals surface area (Å²) in [4.78, 5) is 12.2. The summed E-state index contributed by atoms with van der Waals surface area (Å²) in [5.41, 5.74) is 5.76. The molecule has 1 aromatic heterocycles. The predicted octanol–water partition coefficient (Wildman–Crippen LogP) is 6.89. The topological polar surface area (TPSA) is 56.1 Å². The van der Waals surface area contributed by atoms with Crippen molar-refractivity contribution in [2.75, 3.05) is 0 Å². The van der Waals surface area contributed by atoms with Crippen molar-refractivity contribution in [2.24, 2.45) is 0 Å². The molecule has 1 heterocycles. The highest BCUT2D eigenvalue weighted by Gasteiger charge is 2.26. The van der Waals surface area contributed by atoms with Crippen molar-refractivity contribution in [3.63, 3.8) is 0 Å². The largest absolute Gasteiger partial charge is 0.337 e. The Bertz CT molecular complexity index is 1690. The molecule has 0 aliphatic carbocycles. The number of carbonyl (C=O) groups excluding carboxylic acids is 1. The first-order valence-electron chi connectivity index (χ1n) is 12.3. The Balaban J connectivity index is 1.76. The van der Waals surface area contributed by atoms with Crippen LogP contribution in [0.3, 0.4) is 0 Å². The minimum absolute atomic E-state index is 0.133. The zero-order valence-electron chi connectivity index (χ0n) is 20.8. The molecule has 0 atom stereocenters. The van der Waals surface area contributed by atoms with Crippen LogP contribution in [-0.2, 0) is 27.6 Å². The van der Waals surface area contributed by atoms with Crippen molar-refractivity contribution in [1.29, 1.82) is 0 Å². The minimum atomic E-state index is -3.76. The molecule has 6 heteroatoms. The predicted molar refractivity (Wildman–Crippen MR) is 147 cm³/mol. The second-order valence-electron chi connectivity index (χ2n) is 9.04. The van der Waals surface area contributed by atoms with Gasteiger partial charge >= 0.3 is 0 Å². The Kier molecular flexibility index (Phi) is 7.07. The summed E-state index contributed by atoms with van der Waals surface area (Å²) in [5, 5.41) is 0. The van der Waals surface area contributed by atoms with Crippen LogP contribution in [0.1, 0.15) is 16.8 Å². The summed E-state index contributed by atoms with van der Waals surface area (Å²) < 4.78 is 43.1. The lowest BCUT2D eigenvalue weighted by Gasteiger charge is -2.13. The Morgan fingerprint density at radius 2 is 1.37 bits per heavy atom. The van der Waals surface area contributed by atoms with Gasteiger partial charge in [-0.3, -0.25) is 0 Å². The SMILES string of the molecule is Cc1c(Cc2ccccc2S(=O)(=O)c2ccccc2)c(-c2ccc(F)cc2)c(-c2ccccc2)n1CC=O. The molecule has 0 amide bonds. The summed E-state index contributed by atoms with van der Waals surface area (Å²) in [6.07, 6.45) is 1.16. The number of nitrogens with zero attached hydrogens (tertiary/aromatic N) is 1. The van der Waals surface area contributed by atoms with E-state index < -0.39 is 9.84 Å². The zero-order valence-corrected chi connectivity index (χ0v) is 21.7. The third kappa shape index (κ3) is 4.71. The molecule has 0 bridgehead atoms. The van der Waals surface area contributed by atoms with E-state index in [-0.39, 0.29) is 22.2 Å². The van der Waals surface area contributed by atoms with E-state index in [9.17, 15) is 17.6 Å². The molecule has 0 radical (unpaired) electrons. The summed E-state index contributed by atoms with van der Waals surface area (Å²) in [5.74, 6) is -0.347. The normalized spacial score (nSPS) is 11.4. The Hall–Kier alpha value is -4.29. The summed E-state index contributed by atoms with van der Waals surface area (Å²) in [6.45, 7) is 2.07. The first-order valence-corrected chi connectivity index (χ1v) is 13.7. The molecule has 5 rings (SSSR count). The molecule has 5 aromatic rings. The van der Waals surface area contributed by atoms with E-state index in [1.165, 1.54) is 12.1 Å². The van der Waals surface area contributed by atoms with Crippen LogP contribution in [0.2, 0.25) is 0 Å². The van der Waals surface area contributed by atoms with Crippen LogP contribution in [-0.4, -0.2) is 19.3 Å². The van der Waals surface area contributed by atoms with Crippen molar-refractivity contribution in [3.05, 3.63) is 132 Å². The van der Waals surface area contributed by atoms with Crippen molar-refractivity contribution >= 4 is 16.1 Å². The van der Waals surface area contributed by atoms with Crippen LogP contribution in [0.4, 0.5) is 4.39 Å². The number of aromatic nitrogens is 1. The molecule has 0 aliphatic rings. The average Bonchev–Trinajstić information content (AvgIpc) is 3.21. The fourth-order valence-corrected chi connectivity index (χ4v) is 6.47. The molecule has 0 aliphatic heterocycles. The van der Waals surface area contributed by atoms with Gasteiger partial charge in [0.15, 0.2) is 0 Å². The quantitative estimate of drug-likeness (QED) is 0.208. The number of aldehydes is 1. The second kappa shape index (κ2) is 10.6. The minimum Gasteiger partial charge on any atom is -0.337 e. The average molecular weight is 524 g/mol. The molecule has 4 aromatic carbocycles. The van der Waals surface area contributed by atoms with Gasteiger partial charge in [0.1, 0.15) is 12.1 Å². The fourth-order valence-electron chi connectivity index (χ4n) is 4.96. The molecule has 0 saturated carbocycles. The molecular formula is C32H26FNO3S. The zero-order chi connectivity index (χ0) is 26.7. The van der Waals surface area contributed by atoms with E-state index in [1.807, 2.05) is 54.0 Å². The van der Waals surface area contributed by atoms with E-state index in [2.05, 4.69) is 0 Å². The highest BCUT2D eigenvalue weighted by atomic mass is 32.2. The molecule has 38 heavy (non-hydrogen) atoms. The smallest absolute Gasteiger partial charge is 0.206 e. The van der Waals surface area contributed by atoms with Gasteiger partial charge in [-0.15, -0.1) is 0 Å². The molecule has 0 unspecified atom stereocenters. The van der Waals surface area contributed by atoms with Gasteiger partial charge in [-0.2, -0.15) is 0 Å².